The quantitative estimate of drug-likeness (QED) is 0.0373. The molecule has 0 saturated heterocycles. The van der Waals surface area contributed by atoms with Gasteiger partial charge in [-0.25, -0.2) is 0 Å². The van der Waals surface area contributed by atoms with Crippen molar-refractivity contribution in [3.63, 3.8) is 0 Å². The first kappa shape index (κ1) is 70.8. The summed E-state index contributed by atoms with van der Waals surface area (Å²) < 4.78 is 10.7. The van der Waals surface area contributed by atoms with Gasteiger partial charge < -0.3 is 14.6 Å². The molecule has 5 heteroatoms. The van der Waals surface area contributed by atoms with Crippen LogP contribution < -0.4 is 0 Å². The molecule has 0 aromatic heterocycles. The van der Waals surface area contributed by atoms with Crippen LogP contribution in [0.2, 0.25) is 0 Å². The van der Waals surface area contributed by atoms with Crippen molar-refractivity contribution >= 4 is 11.9 Å². The van der Waals surface area contributed by atoms with Gasteiger partial charge in [-0.05, 0) is 89.9 Å². The van der Waals surface area contributed by atoms with Crippen molar-refractivity contribution in [2.45, 2.75) is 315 Å². The molecule has 1 atom stereocenters. The lowest BCUT2D eigenvalue weighted by Crippen LogP contribution is -2.28. The number of aliphatic hydroxyl groups is 1. The van der Waals surface area contributed by atoms with Crippen LogP contribution >= 0.6 is 0 Å². The lowest BCUT2D eigenvalue weighted by molar-refractivity contribution is -0.161. The van der Waals surface area contributed by atoms with E-state index in [9.17, 15) is 14.7 Å². The minimum atomic E-state index is -0.776. The predicted octanol–water partition coefficient (Wildman–Crippen LogP) is 21.9. The summed E-state index contributed by atoms with van der Waals surface area (Å²) in [4.78, 5) is 24.6. The lowest BCUT2D eigenvalue weighted by Gasteiger charge is -2.15. The van der Waals surface area contributed by atoms with Gasteiger partial charge in [0, 0.05) is 12.8 Å². The van der Waals surface area contributed by atoms with Gasteiger partial charge in [0.1, 0.15) is 6.61 Å². The lowest BCUT2D eigenvalue weighted by atomic mass is 10.0. The Bertz CT molecular complexity index is 1400. The Morgan fingerprint density at radius 2 is 0.541 bits per heavy atom. The van der Waals surface area contributed by atoms with Gasteiger partial charge in [0.15, 0.2) is 6.10 Å². The van der Waals surface area contributed by atoms with Gasteiger partial charge in [-0.3, -0.25) is 9.59 Å². The second kappa shape index (κ2) is 64.1. The molecule has 1 unspecified atom stereocenters. The zero-order valence-corrected chi connectivity index (χ0v) is 48.8. The summed E-state index contributed by atoms with van der Waals surface area (Å²) in [6.07, 6.45) is 91.3. The largest absolute Gasteiger partial charge is 0.462 e. The molecule has 0 amide bonds. The van der Waals surface area contributed by atoms with Crippen LogP contribution in [0.15, 0.2) is 97.2 Å². The molecule has 5 nitrogen and oxygen atoms in total. The van der Waals surface area contributed by atoms with Crippen LogP contribution in [0.4, 0.5) is 0 Å². The number of ether oxygens (including phenoxy) is 2. The van der Waals surface area contributed by atoms with Crippen LogP contribution in [-0.2, 0) is 19.1 Å². The smallest absolute Gasteiger partial charge is 0.306 e. The highest BCUT2D eigenvalue weighted by Crippen LogP contribution is 2.17. The summed E-state index contributed by atoms with van der Waals surface area (Å²) in [5.74, 6) is -0.582. The summed E-state index contributed by atoms with van der Waals surface area (Å²) in [5, 5.41) is 9.68. The topological polar surface area (TPSA) is 72.8 Å². The fourth-order valence-electron chi connectivity index (χ4n) is 9.19. The number of unbranched alkanes of at least 4 members (excludes halogenated alkanes) is 34. The Morgan fingerprint density at radius 1 is 0.311 bits per heavy atom. The number of hydrogen-bond acceptors (Lipinski definition) is 5. The van der Waals surface area contributed by atoms with E-state index in [4.69, 9.17) is 9.47 Å². The van der Waals surface area contributed by atoms with Crippen molar-refractivity contribution < 1.29 is 24.2 Å². The Hall–Kier alpha value is -3.18. The van der Waals surface area contributed by atoms with E-state index in [0.29, 0.717) is 12.8 Å². The summed E-state index contributed by atoms with van der Waals surface area (Å²) in [7, 11) is 0. The molecule has 1 N–H and O–H groups in total. The molecule has 0 rings (SSSR count). The van der Waals surface area contributed by atoms with Crippen molar-refractivity contribution in [3.8, 4) is 0 Å². The number of carbonyl (C=O) groups is 2. The van der Waals surface area contributed by atoms with Crippen LogP contribution in [0.5, 0.6) is 0 Å². The standard InChI is InChI=1S/C69H120O5/c1-3-5-7-9-11-13-15-17-19-21-23-25-27-29-30-31-32-33-34-35-36-37-38-40-42-44-46-48-50-52-54-56-58-60-62-64-69(72)74-67(65-70)66-73-68(71)63-61-59-57-55-53-51-49-47-45-43-41-39-28-26-24-22-20-18-16-14-12-10-8-6-4-2/h5-8,11-14,17-20,23-26,67,70H,3-4,9-10,15-16,21-22,27-66H2,1-2H3/b7-5-,8-6-,13-11-,14-12-,19-17-,20-18-,25-23-,26-24-. The normalized spacial score (nSPS) is 12.9. The average Bonchev–Trinajstić information content (AvgIpc) is 3.40. The second-order valence-corrected chi connectivity index (χ2v) is 21.1. The molecule has 426 valence electrons. The highest BCUT2D eigenvalue weighted by Gasteiger charge is 2.16. The van der Waals surface area contributed by atoms with Gasteiger partial charge in [0.2, 0.25) is 0 Å². The summed E-state index contributed by atoms with van der Waals surface area (Å²) in [6, 6.07) is 0. The zero-order chi connectivity index (χ0) is 53.4. The van der Waals surface area contributed by atoms with E-state index >= 15 is 0 Å². The molecule has 0 heterocycles. The van der Waals surface area contributed by atoms with Crippen molar-refractivity contribution in [1.29, 1.82) is 0 Å². The Morgan fingerprint density at radius 3 is 0.811 bits per heavy atom. The first-order chi connectivity index (χ1) is 36.6. The number of carbonyl (C=O) groups excluding carboxylic acids is 2. The SMILES string of the molecule is CC/C=C\C/C=C\C/C=C\C/C=C\CCCCCCCCCCCCCCCCCCCCCCCCC(=O)OC(CO)COC(=O)CCCCCCCCCCCCCC/C=C\C/C=C\C/C=C\C/C=C\CC. The monoisotopic (exact) mass is 1030 g/mol. The molecule has 0 aromatic rings. The highest BCUT2D eigenvalue weighted by molar-refractivity contribution is 5.70. The van der Waals surface area contributed by atoms with Crippen molar-refractivity contribution in [1.82, 2.24) is 0 Å². The minimum Gasteiger partial charge on any atom is -0.462 e. The van der Waals surface area contributed by atoms with E-state index in [-0.39, 0.29) is 25.2 Å². The third-order valence-corrected chi connectivity index (χ3v) is 13.9. The molecule has 0 radical (unpaired) electrons. The van der Waals surface area contributed by atoms with Gasteiger partial charge in [0.25, 0.3) is 0 Å². The van der Waals surface area contributed by atoms with E-state index in [1.807, 2.05) is 0 Å². The van der Waals surface area contributed by atoms with Gasteiger partial charge in [-0.1, -0.05) is 304 Å². The fourth-order valence-corrected chi connectivity index (χ4v) is 9.19. The van der Waals surface area contributed by atoms with Crippen LogP contribution in [0.25, 0.3) is 0 Å². The number of rotatable bonds is 58. The number of hydrogen-bond donors (Lipinski definition) is 1. The van der Waals surface area contributed by atoms with Gasteiger partial charge in [0.05, 0.1) is 6.61 Å². The summed E-state index contributed by atoms with van der Waals surface area (Å²) in [5.41, 5.74) is 0. The Balaban J connectivity index is 3.44. The molecule has 0 aromatic carbocycles. The number of esters is 2. The average molecular weight is 1030 g/mol. The van der Waals surface area contributed by atoms with E-state index in [2.05, 4.69) is 111 Å². The first-order valence-electron chi connectivity index (χ1n) is 31.8. The molecule has 0 bridgehead atoms. The van der Waals surface area contributed by atoms with Crippen LogP contribution in [0, 0.1) is 0 Å². The van der Waals surface area contributed by atoms with Crippen molar-refractivity contribution in [2.24, 2.45) is 0 Å². The maximum Gasteiger partial charge on any atom is 0.306 e. The minimum absolute atomic E-state index is 0.0670. The summed E-state index contributed by atoms with van der Waals surface area (Å²) >= 11 is 0. The van der Waals surface area contributed by atoms with Crippen LogP contribution in [0.1, 0.15) is 309 Å². The van der Waals surface area contributed by atoms with Crippen molar-refractivity contribution in [3.05, 3.63) is 97.2 Å². The summed E-state index contributed by atoms with van der Waals surface area (Å²) in [6.45, 7) is 3.94. The molecule has 0 fully saturated rings. The van der Waals surface area contributed by atoms with Gasteiger partial charge in [-0.15, -0.1) is 0 Å². The molecule has 0 spiro atoms. The van der Waals surface area contributed by atoms with Crippen LogP contribution in [0.3, 0.4) is 0 Å². The number of allylic oxidation sites excluding steroid dienone is 16. The maximum atomic E-state index is 12.3. The van der Waals surface area contributed by atoms with Gasteiger partial charge in [-0.2, -0.15) is 0 Å². The molecular formula is C69H120O5. The zero-order valence-electron chi connectivity index (χ0n) is 48.8. The van der Waals surface area contributed by atoms with E-state index < -0.39 is 6.10 Å². The fraction of sp³-hybridized carbons (Fsp3) is 0.739. The molecule has 0 aliphatic rings. The highest BCUT2D eigenvalue weighted by atomic mass is 16.6. The Kier molecular flexibility index (Phi) is 61.4. The van der Waals surface area contributed by atoms with E-state index in [0.717, 1.165) is 89.9 Å². The molecule has 0 aliphatic heterocycles. The van der Waals surface area contributed by atoms with Gasteiger partial charge >= 0.3 is 11.9 Å². The van der Waals surface area contributed by atoms with Crippen molar-refractivity contribution in [2.75, 3.05) is 13.2 Å². The molecule has 74 heavy (non-hydrogen) atoms. The first-order valence-corrected chi connectivity index (χ1v) is 31.8. The molecule has 0 saturated carbocycles. The third kappa shape index (κ3) is 61.4. The van der Waals surface area contributed by atoms with E-state index in [1.165, 1.54) is 193 Å². The maximum absolute atomic E-state index is 12.3. The predicted molar refractivity (Wildman–Crippen MR) is 325 cm³/mol. The number of aliphatic hydroxyl groups excluding tert-OH is 1. The van der Waals surface area contributed by atoms with E-state index in [1.54, 1.807) is 0 Å². The third-order valence-electron chi connectivity index (χ3n) is 13.9. The second-order valence-electron chi connectivity index (χ2n) is 21.1. The molecular weight excluding hydrogens is 909 g/mol. The van der Waals surface area contributed by atoms with Crippen LogP contribution in [-0.4, -0.2) is 36.4 Å². The Labute approximate surface area is 459 Å². The molecule has 0 aliphatic carbocycles.